The summed E-state index contributed by atoms with van der Waals surface area (Å²) in [6.45, 7) is 0. The Morgan fingerprint density at radius 2 is 2.00 bits per heavy atom. The minimum atomic E-state index is -0.414. The van der Waals surface area contributed by atoms with Crippen molar-refractivity contribution in [2.45, 2.75) is 0 Å². The van der Waals surface area contributed by atoms with E-state index in [-0.39, 0.29) is 5.02 Å². The summed E-state index contributed by atoms with van der Waals surface area (Å²) in [6.07, 6.45) is 0. The first-order valence-electron chi connectivity index (χ1n) is 5.19. The van der Waals surface area contributed by atoms with Crippen LogP contribution in [-0.2, 0) is 0 Å². The van der Waals surface area contributed by atoms with E-state index in [2.05, 4.69) is 15.9 Å². The van der Waals surface area contributed by atoms with Crippen LogP contribution in [0.25, 0.3) is 0 Å². The van der Waals surface area contributed by atoms with Crippen molar-refractivity contribution >= 4 is 44.7 Å². The van der Waals surface area contributed by atoms with Gasteiger partial charge in [-0.3, -0.25) is 0 Å². The maximum atomic E-state index is 12.9. The fourth-order valence-corrected chi connectivity index (χ4v) is 2.53. The summed E-state index contributed by atoms with van der Waals surface area (Å²) in [5.74, 6) is 0.501. The van der Waals surface area contributed by atoms with E-state index in [1.807, 2.05) is 0 Å². The molecular formula is C13H8BrClFNOS. The third-order valence-corrected chi connectivity index (χ3v) is 3.50. The Hall–Kier alpha value is -1.17. The van der Waals surface area contributed by atoms with Crippen molar-refractivity contribution < 1.29 is 9.13 Å². The highest BCUT2D eigenvalue weighted by Gasteiger charge is 2.08. The zero-order chi connectivity index (χ0) is 14.0. The van der Waals surface area contributed by atoms with Crippen LogP contribution in [0.2, 0.25) is 5.02 Å². The summed E-state index contributed by atoms with van der Waals surface area (Å²) in [5, 5.41) is 0.203. The Kier molecular flexibility index (Phi) is 4.39. The van der Waals surface area contributed by atoms with Crippen LogP contribution in [-0.4, -0.2) is 4.99 Å². The zero-order valence-corrected chi connectivity index (χ0v) is 12.7. The molecule has 0 bridgehead atoms. The zero-order valence-electron chi connectivity index (χ0n) is 9.49. The number of hydrogen-bond acceptors (Lipinski definition) is 2. The molecule has 0 saturated carbocycles. The van der Waals surface area contributed by atoms with Gasteiger partial charge in [0.1, 0.15) is 22.3 Å². The Morgan fingerprint density at radius 1 is 1.26 bits per heavy atom. The predicted octanol–water partition coefficient (Wildman–Crippen LogP) is 4.67. The SMILES string of the molecule is NC(=S)c1ccc(Oc2ccc(F)cc2Cl)cc1Br. The number of hydrogen-bond donors (Lipinski definition) is 1. The monoisotopic (exact) mass is 359 g/mol. The first kappa shape index (κ1) is 14.2. The van der Waals surface area contributed by atoms with Crippen molar-refractivity contribution in [3.8, 4) is 11.5 Å². The molecule has 0 atom stereocenters. The summed E-state index contributed by atoms with van der Waals surface area (Å²) in [5.41, 5.74) is 6.27. The van der Waals surface area contributed by atoms with Gasteiger partial charge in [0.2, 0.25) is 0 Å². The van der Waals surface area contributed by atoms with Gasteiger partial charge in [-0.2, -0.15) is 0 Å². The highest BCUT2D eigenvalue weighted by molar-refractivity contribution is 9.10. The molecule has 2 aromatic rings. The first-order chi connectivity index (χ1) is 8.97. The number of ether oxygens (including phenoxy) is 1. The van der Waals surface area contributed by atoms with Gasteiger partial charge < -0.3 is 10.5 Å². The van der Waals surface area contributed by atoms with Crippen LogP contribution >= 0.6 is 39.7 Å². The van der Waals surface area contributed by atoms with E-state index in [0.717, 1.165) is 4.47 Å². The summed E-state index contributed by atoms with van der Waals surface area (Å²) in [6, 6.07) is 9.09. The van der Waals surface area contributed by atoms with Crippen LogP contribution in [0, 0.1) is 5.82 Å². The summed E-state index contributed by atoms with van der Waals surface area (Å²) in [4.78, 5) is 0.290. The van der Waals surface area contributed by atoms with E-state index in [1.54, 1.807) is 18.2 Å². The van der Waals surface area contributed by atoms with E-state index in [9.17, 15) is 4.39 Å². The summed E-state index contributed by atoms with van der Waals surface area (Å²) < 4.78 is 19.2. The second-order valence-corrected chi connectivity index (χ2v) is 5.38. The predicted molar refractivity (Wildman–Crippen MR) is 81.5 cm³/mol. The van der Waals surface area contributed by atoms with Crippen LogP contribution in [0.15, 0.2) is 40.9 Å². The lowest BCUT2D eigenvalue weighted by Gasteiger charge is -2.09. The van der Waals surface area contributed by atoms with Crippen molar-refractivity contribution in [1.82, 2.24) is 0 Å². The van der Waals surface area contributed by atoms with E-state index >= 15 is 0 Å². The third kappa shape index (κ3) is 3.43. The smallest absolute Gasteiger partial charge is 0.146 e. The molecule has 0 aliphatic heterocycles. The van der Waals surface area contributed by atoms with Gasteiger partial charge in [0.25, 0.3) is 0 Å². The minimum absolute atomic E-state index is 0.203. The molecule has 2 rings (SSSR count). The van der Waals surface area contributed by atoms with Crippen LogP contribution in [0.5, 0.6) is 11.5 Å². The van der Waals surface area contributed by atoms with Crippen molar-refractivity contribution in [3.63, 3.8) is 0 Å². The average molecular weight is 361 g/mol. The normalized spacial score (nSPS) is 10.3. The number of halogens is 3. The molecule has 2 N–H and O–H groups in total. The Balaban J connectivity index is 2.29. The molecule has 2 aromatic carbocycles. The molecule has 0 heterocycles. The van der Waals surface area contributed by atoms with Gasteiger partial charge in [0.15, 0.2) is 0 Å². The Labute approximate surface area is 128 Å². The van der Waals surface area contributed by atoms with Crippen LogP contribution in [0.4, 0.5) is 4.39 Å². The maximum absolute atomic E-state index is 12.9. The second kappa shape index (κ2) is 5.86. The standard InChI is InChI=1S/C13H8BrClFNOS/c14-10-6-8(2-3-9(10)13(17)19)18-12-4-1-7(16)5-11(12)15/h1-6H,(H2,17,19). The van der Waals surface area contributed by atoms with Gasteiger partial charge in [-0.25, -0.2) is 4.39 Å². The van der Waals surface area contributed by atoms with Crippen LogP contribution in [0.3, 0.4) is 0 Å². The first-order valence-corrected chi connectivity index (χ1v) is 6.77. The quantitative estimate of drug-likeness (QED) is 0.808. The molecule has 6 heteroatoms. The number of nitrogens with two attached hydrogens (primary N) is 1. The van der Waals surface area contributed by atoms with E-state index < -0.39 is 5.82 Å². The molecule has 0 aromatic heterocycles. The largest absolute Gasteiger partial charge is 0.456 e. The Morgan fingerprint density at radius 3 is 2.58 bits per heavy atom. The second-order valence-electron chi connectivity index (χ2n) is 3.68. The number of rotatable bonds is 3. The summed E-state index contributed by atoms with van der Waals surface area (Å²) >= 11 is 14.1. The lowest BCUT2D eigenvalue weighted by atomic mass is 10.2. The average Bonchev–Trinajstić information content (AvgIpc) is 2.32. The molecule has 0 fully saturated rings. The molecule has 98 valence electrons. The van der Waals surface area contributed by atoms with Gasteiger partial charge in [0, 0.05) is 10.0 Å². The molecule has 0 unspecified atom stereocenters. The molecular weight excluding hydrogens is 353 g/mol. The van der Waals surface area contributed by atoms with Crippen molar-refractivity contribution in [3.05, 3.63) is 57.3 Å². The van der Waals surface area contributed by atoms with E-state index in [4.69, 9.17) is 34.3 Å². The third-order valence-electron chi connectivity index (χ3n) is 2.33. The molecule has 0 saturated heterocycles. The minimum Gasteiger partial charge on any atom is -0.456 e. The van der Waals surface area contributed by atoms with Crippen molar-refractivity contribution in [2.24, 2.45) is 5.73 Å². The van der Waals surface area contributed by atoms with Crippen LogP contribution in [0.1, 0.15) is 5.56 Å². The van der Waals surface area contributed by atoms with Gasteiger partial charge in [-0.1, -0.05) is 23.8 Å². The van der Waals surface area contributed by atoms with E-state index in [0.29, 0.717) is 22.1 Å². The summed E-state index contributed by atoms with van der Waals surface area (Å²) in [7, 11) is 0. The lowest BCUT2D eigenvalue weighted by molar-refractivity contribution is 0.480. The fourth-order valence-electron chi connectivity index (χ4n) is 1.44. The molecule has 2 nitrogen and oxygen atoms in total. The molecule has 19 heavy (non-hydrogen) atoms. The Bertz CT molecular complexity index is 651. The molecule has 0 amide bonds. The fraction of sp³-hybridized carbons (Fsp3) is 0. The van der Waals surface area contributed by atoms with Gasteiger partial charge in [-0.15, -0.1) is 0 Å². The highest BCUT2D eigenvalue weighted by Crippen LogP contribution is 2.32. The number of benzene rings is 2. The van der Waals surface area contributed by atoms with Gasteiger partial charge >= 0.3 is 0 Å². The van der Waals surface area contributed by atoms with Gasteiger partial charge in [-0.05, 0) is 52.3 Å². The number of thiocarbonyl (C=S) groups is 1. The molecule has 0 radical (unpaired) electrons. The topological polar surface area (TPSA) is 35.2 Å². The van der Waals surface area contributed by atoms with Crippen LogP contribution < -0.4 is 10.5 Å². The highest BCUT2D eigenvalue weighted by atomic mass is 79.9. The lowest BCUT2D eigenvalue weighted by Crippen LogP contribution is -2.09. The maximum Gasteiger partial charge on any atom is 0.146 e. The molecule has 0 aliphatic carbocycles. The van der Waals surface area contributed by atoms with Gasteiger partial charge in [0.05, 0.1) is 5.02 Å². The van der Waals surface area contributed by atoms with Crippen molar-refractivity contribution in [2.75, 3.05) is 0 Å². The van der Waals surface area contributed by atoms with Crippen molar-refractivity contribution in [1.29, 1.82) is 0 Å². The molecule has 0 aliphatic rings. The van der Waals surface area contributed by atoms with E-state index in [1.165, 1.54) is 18.2 Å². The molecule has 0 spiro atoms.